The molecule has 29 heavy (non-hydrogen) atoms. The van der Waals surface area contributed by atoms with Crippen LogP contribution in [-0.4, -0.2) is 34.4 Å². The predicted molar refractivity (Wildman–Crippen MR) is 110 cm³/mol. The number of urea groups is 1. The molecular weight excluding hydrogens is 370 g/mol. The van der Waals surface area contributed by atoms with E-state index in [0.717, 1.165) is 16.0 Å². The van der Waals surface area contributed by atoms with Crippen LogP contribution in [0.4, 0.5) is 10.5 Å². The van der Waals surface area contributed by atoms with E-state index in [-0.39, 0.29) is 16.9 Å². The number of nitrogens with one attached hydrogen (secondary N) is 2. The number of benzene rings is 2. The van der Waals surface area contributed by atoms with Crippen LogP contribution in [0, 0.1) is 0 Å². The molecule has 0 unspecified atom stereocenters. The van der Waals surface area contributed by atoms with Gasteiger partial charge in [0.25, 0.3) is 5.91 Å². The van der Waals surface area contributed by atoms with Gasteiger partial charge in [-0.25, -0.2) is 9.69 Å². The van der Waals surface area contributed by atoms with Gasteiger partial charge in [0.1, 0.15) is 18.0 Å². The van der Waals surface area contributed by atoms with Crippen molar-refractivity contribution in [1.29, 1.82) is 0 Å². The van der Waals surface area contributed by atoms with Crippen molar-refractivity contribution in [3.8, 4) is 5.75 Å². The Balaban J connectivity index is 1.68. The molecular formula is C22H23N3O4. The highest BCUT2D eigenvalue weighted by molar-refractivity contribution is 6.15. The second kappa shape index (κ2) is 7.79. The minimum atomic E-state index is -0.645. The maximum Gasteiger partial charge on any atom is 0.329 e. The molecule has 7 nitrogen and oxygen atoms in total. The zero-order valence-electron chi connectivity index (χ0n) is 16.5. The molecule has 3 rings (SSSR count). The third-order valence-corrected chi connectivity index (χ3v) is 4.50. The molecule has 0 saturated carbocycles. The Kier molecular flexibility index (Phi) is 5.41. The second-order valence-corrected chi connectivity index (χ2v) is 7.85. The van der Waals surface area contributed by atoms with Crippen LogP contribution in [0.5, 0.6) is 5.75 Å². The summed E-state index contributed by atoms with van der Waals surface area (Å²) in [5, 5.41) is 14.4. The third-order valence-electron chi connectivity index (χ3n) is 4.50. The molecule has 0 aromatic heterocycles. The average molecular weight is 393 g/mol. The smallest absolute Gasteiger partial charge is 0.329 e. The highest BCUT2D eigenvalue weighted by atomic mass is 16.3. The van der Waals surface area contributed by atoms with Crippen LogP contribution in [0.25, 0.3) is 6.08 Å². The van der Waals surface area contributed by atoms with E-state index in [1.54, 1.807) is 6.08 Å². The standard InChI is InChI=1S/C22H23N3O4/c1-22(2,3)15-6-4-14(5-7-15)12-18-20(28)25(21(29)24-18)13-19(27)23-16-8-10-17(26)11-9-16/h4-12,26H,13H2,1-3H3,(H,23,27)(H,24,29)/b18-12-. The summed E-state index contributed by atoms with van der Waals surface area (Å²) in [4.78, 5) is 37.7. The largest absolute Gasteiger partial charge is 0.508 e. The van der Waals surface area contributed by atoms with Gasteiger partial charge in [-0.15, -0.1) is 0 Å². The summed E-state index contributed by atoms with van der Waals surface area (Å²) in [5.74, 6) is -1.01. The molecule has 1 fully saturated rings. The number of phenols is 1. The third kappa shape index (κ3) is 4.82. The number of rotatable bonds is 4. The van der Waals surface area contributed by atoms with Crippen molar-refractivity contribution in [3.63, 3.8) is 0 Å². The molecule has 7 heteroatoms. The first-order valence-electron chi connectivity index (χ1n) is 9.17. The number of carbonyl (C=O) groups is 3. The van der Waals surface area contributed by atoms with Gasteiger partial charge in [0.2, 0.25) is 5.91 Å². The van der Waals surface area contributed by atoms with Gasteiger partial charge >= 0.3 is 6.03 Å². The summed E-state index contributed by atoms with van der Waals surface area (Å²) in [6, 6.07) is 13.0. The van der Waals surface area contributed by atoms with Crippen LogP contribution < -0.4 is 10.6 Å². The fraction of sp³-hybridized carbons (Fsp3) is 0.227. The molecule has 2 aromatic rings. The highest BCUT2D eigenvalue weighted by Gasteiger charge is 2.34. The van der Waals surface area contributed by atoms with Crippen molar-refractivity contribution >= 4 is 29.6 Å². The van der Waals surface area contributed by atoms with E-state index in [9.17, 15) is 19.5 Å². The molecule has 1 aliphatic heterocycles. The topological polar surface area (TPSA) is 98.7 Å². The number of anilines is 1. The number of nitrogens with zero attached hydrogens (tertiary/aromatic N) is 1. The molecule has 3 N–H and O–H groups in total. The molecule has 0 spiro atoms. The first-order chi connectivity index (χ1) is 13.6. The fourth-order valence-electron chi connectivity index (χ4n) is 2.85. The molecule has 1 aliphatic rings. The number of hydrogen-bond donors (Lipinski definition) is 3. The number of phenolic OH excluding ortho intramolecular Hbond substituents is 1. The van der Waals surface area contributed by atoms with Gasteiger partial charge in [0, 0.05) is 5.69 Å². The van der Waals surface area contributed by atoms with Crippen LogP contribution in [0.2, 0.25) is 0 Å². The van der Waals surface area contributed by atoms with E-state index in [4.69, 9.17) is 0 Å². The number of hydrogen-bond acceptors (Lipinski definition) is 4. The monoisotopic (exact) mass is 393 g/mol. The molecule has 0 aliphatic carbocycles. The average Bonchev–Trinajstić information content (AvgIpc) is 2.91. The Morgan fingerprint density at radius 1 is 1.07 bits per heavy atom. The lowest BCUT2D eigenvalue weighted by atomic mass is 9.87. The lowest BCUT2D eigenvalue weighted by Crippen LogP contribution is -2.38. The second-order valence-electron chi connectivity index (χ2n) is 7.85. The quantitative estimate of drug-likeness (QED) is 0.422. The van der Waals surface area contributed by atoms with Crippen molar-refractivity contribution in [2.24, 2.45) is 0 Å². The molecule has 1 heterocycles. The molecule has 0 radical (unpaired) electrons. The first-order valence-corrected chi connectivity index (χ1v) is 9.17. The van der Waals surface area contributed by atoms with Crippen molar-refractivity contribution in [2.45, 2.75) is 26.2 Å². The predicted octanol–water partition coefficient (Wildman–Crippen LogP) is 3.22. The Morgan fingerprint density at radius 2 is 1.69 bits per heavy atom. The number of amides is 4. The van der Waals surface area contributed by atoms with Crippen LogP contribution in [0.15, 0.2) is 54.2 Å². The lowest BCUT2D eigenvalue weighted by molar-refractivity contribution is -0.127. The molecule has 1 saturated heterocycles. The lowest BCUT2D eigenvalue weighted by Gasteiger charge is -2.18. The summed E-state index contributed by atoms with van der Waals surface area (Å²) < 4.78 is 0. The Hall–Kier alpha value is -3.61. The summed E-state index contributed by atoms with van der Waals surface area (Å²) in [5.41, 5.74) is 2.53. The van der Waals surface area contributed by atoms with Gasteiger partial charge in [0.05, 0.1) is 0 Å². The maximum absolute atomic E-state index is 12.5. The van der Waals surface area contributed by atoms with Gasteiger partial charge in [0.15, 0.2) is 0 Å². The van der Waals surface area contributed by atoms with Crippen LogP contribution in [0.1, 0.15) is 31.9 Å². The van der Waals surface area contributed by atoms with Crippen molar-refractivity contribution in [2.75, 3.05) is 11.9 Å². The van der Waals surface area contributed by atoms with Gasteiger partial charge < -0.3 is 15.7 Å². The minimum Gasteiger partial charge on any atom is -0.508 e. The fourth-order valence-corrected chi connectivity index (χ4v) is 2.85. The summed E-state index contributed by atoms with van der Waals surface area (Å²) in [6.45, 7) is 5.93. The van der Waals surface area contributed by atoms with Crippen LogP contribution >= 0.6 is 0 Å². The normalized spacial score (nSPS) is 15.6. The maximum atomic E-state index is 12.5. The summed E-state index contributed by atoms with van der Waals surface area (Å²) in [6.07, 6.45) is 1.59. The van der Waals surface area contributed by atoms with E-state index < -0.39 is 24.4 Å². The van der Waals surface area contributed by atoms with Crippen LogP contribution in [0.3, 0.4) is 0 Å². The van der Waals surface area contributed by atoms with E-state index in [0.29, 0.717) is 5.69 Å². The zero-order valence-corrected chi connectivity index (χ0v) is 16.5. The number of carbonyl (C=O) groups excluding carboxylic acids is 3. The van der Waals surface area contributed by atoms with E-state index in [2.05, 4.69) is 31.4 Å². The van der Waals surface area contributed by atoms with Crippen molar-refractivity contribution in [3.05, 3.63) is 65.4 Å². The van der Waals surface area contributed by atoms with Crippen molar-refractivity contribution in [1.82, 2.24) is 10.2 Å². The van der Waals surface area contributed by atoms with Gasteiger partial charge in [-0.1, -0.05) is 45.0 Å². The van der Waals surface area contributed by atoms with Crippen molar-refractivity contribution < 1.29 is 19.5 Å². The van der Waals surface area contributed by atoms with Crippen LogP contribution in [-0.2, 0) is 15.0 Å². The Labute approximate surface area is 169 Å². The van der Waals surface area contributed by atoms with Gasteiger partial charge in [-0.2, -0.15) is 0 Å². The highest BCUT2D eigenvalue weighted by Crippen LogP contribution is 2.23. The number of imide groups is 1. The Bertz CT molecular complexity index is 971. The van der Waals surface area contributed by atoms with Gasteiger partial charge in [-0.05, 0) is 46.9 Å². The molecule has 0 atom stereocenters. The number of aromatic hydroxyl groups is 1. The molecule has 150 valence electrons. The SMILES string of the molecule is CC(C)(C)c1ccc(/C=C2\NC(=O)N(CC(=O)Nc3ccc(O)cc3)C2=O)cc1. The summed E-state index contributed by atoms with van der Waals surface area (Å²) in [7, 11) is 0. The van der Waals surface area contributed by atoms with E-state index >= 15 is 0 Å². The van der Waals surface area contributed by atoms with E-state index in [1.807, 2.05) is 24.3 Å². The Morgan fingerprint density at radius 3 is 2.28 bits per heavy atom. The van der Waals surface area contributed by atoms with E-state index in [1.165, 1.54) is 24.3 Å². The first kappa shape index (κ1) is 20.1. The van der Waals surface area contributed by atoms with Gasteiger partial charge in [-0.3, -0.25) is 9.59 Å². The molecule has 0 bridgehead atoms. The molecule has 4 amide bonds. The summed E-state index contributed by atoms with van der Waals surface area (Å²) >= 11 is 0. The zero-order chi connectivity index (χ0) is 21.2. The minimum absolute atomic E-state index is 0.0186. The molecule has 2 aromatic carbocycles.